The first-order valence-corrected chi connectivity index (χ1v) is 9.26. The fraction of sp³-hybridized carbons (Fsp3) is 0.300. The smallest absolute Gasteiger partial charge is 0.360 e. The minimum absolute atomic E-state index is 0.0462. The van der Waals surface area contributed by atoms with Gasteiger partial charge in [-0.2, -0.15) is 13.2 Å². The van der Waals surface area contributed by atoms with Crippen molar-refractivity contribution >= 4 is 34.6 Å². The molecule has 0 radical (unpaired) electrons. The molecule has 0 saturated heterocycles. The van der Waals surface area contributed by atoms with Gasteiger partial charge in [0.25, 0.3) is 5.69 Å². The van der Waals surface area contributed by atoms with Gasteiger partial charge in [-0.1, -0.05) is 12.1 Å². The van der Waals surface area contributed by atoms with E-state index in [1.807, 2.05) is 0 Å². The number of para-hydroxylation sites is 2. The molecule has 2 aromatic carbocycles. The minimum atomic E-state index is -4.73. The number of nitro groups is 1. The van der Waals surface area contributed by atoms with Gasteiger partial charge in [-0.3, -0.25) is 19.7 Å². The Morgan fingerprint density at radius 2 is 1.97 bits per heavy atom. The first-order chi connectivity index (χ1) is 14.5. The lowest BCUT2D eigenvalue weighted by atomic mass is 10.1. The average molecular weight is 436 g/mol. The first kappa shape index (κ1) is 22.1. The molecule has 1 atom stereocenters. The molecule has 11 heteroatoms. The van der Waals surface area contributed by atoms with Gasteiger partial charge < -0.3 is 15.1 Å². The Bertz CT molecular complexity index is 1040. The predicted octanol–water partition coefficient (Wildman–Crippen LogP) is 3.81. The number of carbonyl (C=O) groups is 2. The zero-order chi connectivity index (χ0) is 22.9. The summed E-state index contributed by atoms with van der Waals surface area (Å²) in [7, 11) is 1.38. The van der Waals surface area contributed by atoms with Crippen molar-refractivity contribution in [3.05, 3.63) is 58.1 Å². The standard InChI is InChI=1S/C20H19F3N4O4/c1-12-9-18(28)24-14-5-3-4-6-15(14)26(12)19(29)11-25(2)16-8-7-13(20(21,22)23)10-17(16)27(30)31/h3-8,10,12H,9,11H2,1-2H3,(H,24,28)/t12-/m1/s1. The van der Waals surface area contributed by atoms with Crippen LogP contribution >= 0.6 is 0 Å². The third kappa shape index (κ3) is 4.60. The van der Waals surface area contributed by atoms with Gasteiger partial charge in [0, 0.05) is 25.6 Å². The van der Waals surface area contributed by atoms with Gasteiger partial charge in [-0.25, -0.2) is 0 Å². The second-order valence-electron chi connectivity index (χ2n) is 7.20. The summed E-state index contributed by atoms with van der Waals surface area (Å²) in [5, 5.41) is 14.1. The monoisotopic (exact) mass is 436 g/mol. The van der Waals surface area contributed by atoms with Crippen LogP contribution in [-0.2, 0) is 15.8 Å². The number of rotatable bonds is 4. The number of hydrogen-bond donors (Lipinski definition) is 1. The van der Waals surface area contributed by atoms with E-state index in [2.05, 4.69) is 5.32 Å². The summed E-state index contributed by atoms with van der Waals surface area (Å²) < 4.78 is 38.8. The quantitative estimate of drug-likeness (QED) is 0.581. The fourth-order valence-electron chi connectivity index (χ4n) is 3.50. The number of benzene rings is 2. The summed E-state index contributed by atoms with van der Waals surface area (Å²) in [6, 6.07) is 8.37. The molecule has 1 heterocycles. The second-order valence-corrected chi connectivity index (χ2v) is 7.20. The topological polar surface area (TPSA) is 95.8 Å². The maximum absolute atomic E-state index is 13.1. The van der Waals surface area contributed by atoms with E-state index < -0.39 is 34.3 Å². The van der Waals surface area contributed by atoms with E-state index in [1.54, 1.807) is 31.2 Å². The molecule has 3 rings (SSSR count). The van der Waals surface area contributed by atoms with Crippen LogP contribution in [0.5, 0.6) is 0 Å². The zero-order valence-electron chi connectivity index (χ0n) is 16.6. The third-order valence-corrected chi connectivity index (χ3v) is 4.91. The Balaban J connectivity index is 1.92. The number of likely N-dealkylation sites (N-methyl/N-ethyl adjacent to an activating group) is 1. The summed E-state index contributed by atoms with van der Waals surface area (Å²) >= 11 is 0. The molecule has 0 aliphatic carbocycles. The van der Waals surface area contributed by atoms with E-state index >= 15 is 0 Å². The largest absolute Gasteiger partial charge is 0.416 e. The van der Waals surface area contributed by atoms with Gasteiger partial charge in [0.15, 0.2) is 0 Å². The van der Waals surface area contributed by atoms with Crippen LogP contribution in [0.2, 0.25) is 0 Å². The van der Waals surface area contributed by atoms with Gasteiger partial charge in [-0.05, 0) is 31.2 Å². The zero-order valence-corrected chi connectivity index (χ0v) is 16.6. The van der Waals surface area contributed by atoms with Crippen LogP contribution in [0, 0.1) is 10.1 Å². The van der Waals surface area contributed by atoms with Crippen molar-refractivity contribution in [2.75, 3.05) is 28.7 Å². The van der Waals surface area contributed by atoms with Crippen molar-refractivity contribution in [2.45, 2.75) is 25.6 Å². The summed E-state index contributed by atoms with van der Waals surface area (Å²) in [5.41, 5.74) is -1.11. The van der Waals surface area contributed by atoms with Crippen molar-refractivity contribution < 1.29 is 27.7 Å². The molecule has 0 fully saturated rings. The molecule has 1 aliphatic rings. The van der Waals surface area contributed by atoms with Crippen molar-refractivity contribution in [2.24, 2.45) is 0 Å². The summed E-state index contributed by atoms with van der Waals surface area (Å²) in [6.07, 6.45) is -4.69. The Morgan fingerprint density at radius 3 is 2.61 bits per heavy atom. The van der Waals surface area contributed by atoms with Gasteiger partial charge in [-0.15, -0.1) is 0 Å². The molecule has 164 valence electrons. The van der Waals surface area contributed by atoms with Crippen LogP contribution in [0.3, 0.4) is 0 Å². The number of alkyl halides is 3. The van der Waals surface area contributed by atoms with Crippen molar-refractivity contribution in [1.29, 1.82) is 0 Å². The highest BCUT2D eigenvalue weighted by Gasteiger charge is 2.34. The van der Waals surface area contributed by atoms with Crippen LogP contribution in [0.4, 0.5) is 35.9 Å². The van der Waals surface area contributed by atoms with Gasteiger partial charge in [0.05, 0.1) is 28.4 Å². The number of nitro benzene ring substituents is 1. The Kier molecular flexibility index (Phi) is 5.87. The van der Waals surface area contributed by atoms with Crippen LogP contribution in [0.1, 0.15) is 18.9 Å². The lowest BCUT2D eigenvalue weighted by molar-refractivity contribution is -0.384. The highest BCUT2D eigenvalue weighted by atomic mass is 19.4. The van der Waals surface area contributed by atoms with E-state index in [-0.39, 0.29) is 24.6 Å². The molecular weight excluding hydrogens is 417 g/mol. The normalized spacial score (nSPS) is 16.2. The van der Waals surface area contributed by atoms with E-state index in [0.29, 0.717) is 17.4 Å². The van der Waals surface area contributed by atoms with Crippen molar-refractivity contribution in [3.8, 4) is 0 Å². The van der Waals surface area contributed by atoms with E-state index in [0.717, 1.165) is 12.1 Å². The van der Waals surface area contributed by atoms with Crippen LogP contribution in [-0.4, -0.2) is 36.4 Å². The fourth-order valence-corrected chi connectivity index (χ4v) is 3.50. The van der Waals surface area contributed by atoms with Gasteiger partial charge in [0.2, 0.25) is 11.8 Å². The highest BCUT2D eigenvalue weighted by molar-refractivity contribution is 6.05. The van der Waals surface area contributed by atoms with Crippen molar-refractivity contribution in [3.63, 3.8) is 0 Å². The molecule has 2 amide bonds. The van der Waals surface area contributed by atoms with Gasteiger partial charge >= 0.3 is 6.18 Å². The molecule has 0 spiro atoms. The highest BCUT2D eigenvalue weighted by Crippen LogP contribution is 2.37. The molecule has 0 unspecified atom stereocenters. The van der Waals surface area contributed by atoms with E-state index in [4.69, 9.17) is 0 Å². The predicted molar refractivity (Wildman–Crippen MR) is 108 cm³/mol. The Hall–Kier alpha value is -3.63. The third-order valence-electron chi connectivity index (χ3n) is 4.91. The lowest BCUT2D eigenvalue weighted by Gasteiger charge is -2.30. The maximum Gasteiger partial charge on any atom is 0.416 e. The van der Waals surface area contributed by atoms with Crippen LogP contribution in [0.25, 0.3) is 0 Å². The van der Waals surface area contributed by atoms with Crippen molar-refractivity contribution in [1.82, 2.24) is 0 Å². The molecule has 1 N–H and O–H groups in total. The number of fused-ring (bicyclic) bond motifs is 1. The number of halogens is 3. The molecule has 31 heavy (non-hydrogen) atoms. The Labute approximate surface area is 175 Å². The van der Waals surface area contributed by atoms with E-state index in [1.165, 1.54) is 16.8 Å². The number of nitrogens with one attached hydrogen (secondary N) is 1. The maximum atomic E-state index is 13.1. The molecule has 0 aromatic heterocycles. The number of amides is 2. The summed E-state index contributed by atoms with van der Waals surface area (Å²) in [5.74, 6) is -0.727. The molecule has 2 aromatic rings. The second kappa shape index (κ2) is 8.25. The molecule has 8 nitrogen and oxygen atoms in total. The first-order valence-electron chi connectivity index (χ1n) is 9.26. The van der Waals surface area contributed by atoms with Gasteiger partial charge in [0.1, 0.15) is 5.69 Å². The summed E-state index contributed by atoms with van der Waals surface area (Å²) in [4.78, 5) is 38.3. The van der Waals surface area contributed by atoms with Crippen LogP contribution < -0.4 is 15.1 Å². The summed E-state index contributed by atoms with van der Waals surface area (Å²) in [6.45, 7) is 1.35. The number of nitrogens with zero attached hydrogens (tertiary/aromatic N) is 3. The molecule has 0 bridgehead atoms. The SMILES string of the molecule is C[C@@H]1CC(=O)Nc2ccccc2N1C(=O)CN(C)c1ccc(C(F)(F)F)cc1[N+](=O)[O-]. The lowest BCUT2D eigenvalue weighted by Crippen LogP contribution is -2.44. The molecule has 1 aliphatic heterocycles. The molecule has 0 saturated carbocycles. The minimum Gasteiger partial charge on any atom is -0.360 e. The van der Waals surface area contributed by atoms with E-state index in [9.17, 15) is 32.9 Å². The average Bonchev–Trinajstić information content (AvgIpc) is 2.80. The number of carbonyl (C=O) groups excluding carboxylic acids is 2. The number of anilines is 3. The molecular formula is C20H19F3N4O4. The number of hydrogen-bond acceptors (Lipinski definition) is 5. The Morgan fingerprint density at radius 1 is 1.29 bits per heavy atom. The van der Waals surface area contributed by atoms with Crippen LogP contribution in [0.15, 0.2) is 42.5 Å².